The summed E-state index contributed by atoms with van der Waals surface area (Å²) in [6, 6.07) is 17.6. The van der Waals surface area contributed by atoms with Crippen molar-refractivity contribution in [1.29, 1.82) is 0 Å². The number of nitrogens with one attached hydrogen (secondary N) is 2. The van der Waals surface area contributed by atoms with Crippen LogP contribution in [0.25, 0.3) is 0 Å². The monoisotopic (exact) mass is 445 g/mol. The van der Waals surface area contributed by atoms with E-state index in [9.17, 15) is 18.8 Å². The van der Waals surface area contributed by atoms with Crippen molar-refractivity contribution < 1.29 is 18.8 Å². The standard InChI is InChI=1S/C26H24FN3O3/c1-16(28-26(33)21-7-12-24-20(15-21)13-14-30(24)17(2)31)18-5-10-23(11-6-18)29-25(32)19-3-8-22(27)9-4-19/h3-12,15-16H,13-14H2,1-2H3,(H,28,33)(H,29,32). The molecule has 3 amide bonds. The second-order valence-corrected chi connectivity index (χ2v) is 8.04. The highest BCUT2D eigenvalue weighted by Gasteiger charge is 2.23. The Morgan fingerprint density at radius 1 is 0.909 bits per heavy atom. The number of hydrogen-bond acceptors (Lipinski definition) is 3. The Morgan fingerprint density at radius 2 is 1.58 bits per heavy atom. The minimum Gasteiger partial charge on any atom is -0.346 e. The maximum absolute atomic E-state index is 13.0. The smallest absolute Gasteiger partial charge is 0.255 e. The Kier molecular flexibility index (Phi) is 6.22. The number of nitrogens with zero attached hydrogens (tertiary/aromatic N) is 1. The molecule has 1 unspecified atom stereocenters. The van der Waals surface area contributed by atoms with Crippen molar-refractivity contribution in [3.8, 4) is 0 Å². The van der Waals surface area contributed by atoms with E-state index < -0.39 is 5.82 Å². The van der Waals surface area contributed by atoms with E-state index >= 15 is 0 Å². The molecule has 0 aromatic heterocycles. The highest BCUT2D eigenvalue weighted by atomic mass is 19.1. The van der Waals surface area contributed by atoms with Crippen molar-refractivity contribution in [2.75, 3.05) is 16.8 Å². The predicted octanol–water partition coefficient (Wildman–Crippen LogP) is 4.48. The molecule has 33 heavy (non-hydrogen) atoms. The Hall–Kier alpha value is -4.00. The molecule has 0 radical (unpaired) electrons. The van der Waals surface area contributed by atoms with Crippen LogP contribution < -0.4 is 15.5 Å². The number of hydrogen-bond donors (Lipinski definition) is 2. The molecule has 3 aromatic carbocycles. The van der Waals surface area contributed by atoms with Gasteiger partial charge in [0.05, 0.1) is 6.04 Å². The van der Waals surface area contributed by atoms with Crippen LogP contribution in [-0.2, 0) is 11.2 Å². The molecule has 4 rings (SSSR count). The van der Waals surface area contributed by atoms with Gasteiger partial charge in [-0.05, 0) is 79.1 Å². The number of carbonyl (C=O) groups is 3. The van der Waals surface area contributed by atoms with Crippen LogP contribution in [0, 0.1) is 5.82 Å². The molecule has 7 heteroatoms. The normalized spacial score (nSPS) is 13.2. The maximum Gasteiger partial charge on any atom is 0.255 e. The Bertz CT molecular complexity index is 1210. The van der Waals surface area contributed by atoms with Crippen LogP contribution in [0.3, 0.4) is 0 Å². The lowest BCUT2D eigenvalue weighted by atomic mass is 10.1. The van der Waals surface area contributed by atoms with Gasteiger partial charge in [0.15, 0.2) is 0 Å². The van der Waals surface area contributed by atoms with Crippen LogP contribution in [-0.4, -0.2) is 24.3 Å². The fraction of sp³-hybridized carbons (Fsp3) is 0.192. The molecule has 0 aliphatic carbocycles. The summed E-state index contributed by atoms with van der Waals surface area (Å²) >= 11 is 0. The molecule has 1 heterocycles. The lowest BCUT2D eigenvalue weighted by Gasteiger charge is -2.17. The zero-order valence-electron chi connectivity index (χ0n) is 18.4. The third-order valence-corrected chi connectivity index (χ3v) is 5.74. The molecule has 0 bridgehead atoms. The Balaban J connectivity index is 1.38. The van der Waals surface area contributed by atoms with E-state index in [1.165, 1.54) is 31.2 Å². The van der Waals surface area contributed by atoms with E-state index in [-0.39, 0.29) is 23.8 Å². The van der Waals surface area contributed by atoms with Crippen LogP contribution >= 0.6 is 0 Å². The average molecular weight is 445 g/mol. The molecular formula is C26H24FN3O3. The van der Waals surface area contributed by atoms with Crippen molar-refractivity contribution in [3.63, 3.8) is 0 Å². The maximum atomic E-state index is 13.0. The minimum absolute atomic E-state index is 0.00289. The first kappa shape index (κ1) is 22.2. The lowest BCUT2D eigenvalue weighted by molar-refractivity contribution is -0.116. The fourth-order valence-electron chi connectivity index (χ4n) is 3.89. The molecule has 6 nitrogen and oxygen atoms in total. The van der Waals surface area contributed by atoms with Gasteiger partial charge in [0.1, 0.15) is 5.82 Å². The van der Waals surface area contributed by atoms with Crippen molar-refractivity contribution in [3.05, 3.63) is 94.8 Å². The topological polar surface area (TPSA) is 78.5 Å². The molecular weight excluding hydrogens is 421 g/mol. The van der Waals surface area contributed by atoms with Gasteiger partial charge in [-0.25, -0.2) is 4.39 Å². The molecule has 0 spiro atoms. The molecule has 0 saturated heterocycles. The molecule has 1 aliphatic heterocycles. The van der Waals surface area contributed by atoms with Gasteiger partial charge in [0.2, 0.25) is 5.91 Å². The number of rotatable bonds is 5. The molecule has 1 atom stereocenters. The third kappa shape index (κ3) is 4.92. The molecule has 1 aliphatic rings. The summed E-state index contributed by atoms with van der Waals surface area (Å²) in [5, 5.41) is 5.76. The van der Waals surface area contributed by atoms with Gasteiger partial charge in [-0.15, -0.1) is 0 Å². The summed E-state index contributed by atoms with van der Waals surface area (Å²) in [5.41, 5.74) is 4.25. The summed E-state index contributed by atoms with van der Waals surface area (Å²) in [4.78, 5) is 38.5. The summed E-state index contributed by atoms with van der Waals surface area (Å²) in [7, 11) is 0. The number of amides is 3. The SMILES string of the molecule is CC(=O)N1CCc2cc(C(=O)NC(C)c3ccc(NC(=O)c4ccc(F)cc4)cc3)ccc21. The summed E-state index contributed by atoms with van der Waals surface area (Å²) in [6.45, 7) is 4.06. The van der Waals surface area contributed by atoms with Crippen LogP contribution in [0.1, 0.15) is 51.7 Å². The Morgan fingerprint density at radius 3 is 2.24 bits per heavy atom. The van der Waals surface area contributed by atoms with Crippen LogP contribution in [0.15, 0.2) is 66.7 Å². The number of carbonyl (C=O) groups excluding carboxylic acids is 3. The zero-order valence-corrected chi connectivity index (χ0v) is 18.4. The molecule has 3 aromatic rings. The highest BCUT2D eigenvalue weighted by Crippen LogP contribution is 2.29. The average Bonchev–Trinajstić information content (AvgIpc) is 3.23. The van der Waals surface area contributed by atoms with Gasteiger partial charge in [-0.1, -0.05) is 12.1 Å². The van der Waals surface area contributed by atoms with Gasteiger partial charge in [0.25, 0.3) is 11.8 Å². The van der Waals surface area contributed by atoms with Gasteiger partial charge < -0.3 is 15.5 Å². The van der Waals surface area contributed by atoms with Crippen LogP contribution in [0.2, 0.25) is 0 Å². The van der Waals surface area contributed by atoms with E-state index in [1.54, 1.807) is 23.1 Å². The van der Waals surface area contributed by atoms with E-state index in [0.29, 0.717) is 23.4 Å². The van der Waals surface area contributed by atoms with Gasteiger partial charge in [-0.3, -0.25) is 14.4 Å². The first-order valence-corrected chi connectivity index (χ1v) is 10.7. The molecule has 2 N–H and O–H groups in total. The van der Waals surface area contributed by atoms with Crippen molar-refractivity contribution in [2.24, 2.45) is 0 Å². The summed E-state index contributed by atoms with van der Waals surface area (Å²) in [6.07, 6.45) is 0.733. The highest BCUT2D eigenvalue weighted by molar-refractivity contribution is 6.04. The second kappa shape index (κ2) is 9.24. The predicted molar refractivity (Wildman–Crippen MR) is 125 cm³/mol. The summed E-state index contributed by atoms with van der Waals surface area (Å²) in [5.74, 6) is -0.925. The molecule has 0 saturated carbocycles. The van der Waals surface area contributed by atoms with E-state index in [4.69, 9.17) is 0 Å². The quantitative estimate of drug-likeness (QED) is 0.608. The van der Waals surface area contributed by atoms with Crippen molar-refractivity contribution in [1.82, 2.24) is 5.32 Å². The van der Waals surface area contributed by atoms with Gasteiger partial charge in [-0.2, -0.15) is 0 Å². The summed E-state index contributed by atoms with van der Waals surface area (Å²) < 4.78 is 13.0. The second-order valence-electron chi connectivity index (χ2n) is 8.04. The lowest BCUT2D eigenvalue weighted by Crippen LogP contribution is -2.27. The Labute approximate surface area is 191 Å². The van der Waals surface area contributed by atoms with Crippen molar-refractivity contribution in [2.45, 2.75) is 26.3 Å². The van der Waals surface area contributed by atoms with Gasteiger partial charge >= 0.3 is 0 Å². The van der Waals surface area contributed by atoms with E-state index in [0.717, 1.165) is 23.2 Å². The molecule has 0 fully saturated rings. The number of benzene rings is 3. The first-order valence-electron chi connectivity index (χ1n) is 10.7. The van der Waals surface area contributed by atoms with Crippen LogP contribution in [0.5, 0.6) is 0 Å². The molecule has 168 valence electrons. The number of halogens is 1. The third-order valence-electron chi connectivity index (χ3n) is 5.74. The van der Waals surface area contributed by atoms with E-state index in [2.05, 4.69) is 10.6 Å². The van der Waals surface area contributed by atoms with Gasteiger partial charge in [0, 0.05) is 36.0 Å². The number of fused-ring (bicyclic) bond motifs is 1. The fourth-order valence-corrected chi connectivity index (χ4v) is 3.89. The minimum atomic E-state index is -0.398. The van der Waals surface area contributed by atoms with E-state index in [1.807, 2.05) is 31.2 Å². The zero-order chi connectivity index (χ0) is 23.5. The number of anilines is 2. The van der Waals surface area contributed by atoms with Crippen LogP contribution in [0.4, 0.5) is 15.8 Å². The largest absolute Gasteiger partial charge is 0.346 e. The van der Waals surface area contributed by atoms with Crippen molar-refractivity contribution >= 4 is 29.1 Å². The first-order chi connectivity index (χ1) is 15.8.